The van der Waals surface area contributed by atoms with Crippen LogP contribution in [-0.4, -0.2) is 27.4 Å². The van der Waals surface area contributed by atoms with Crippen molar-refractivity contribution in [2.45, 2.75) is 46.8 Å². The quantitative estimate of drug-likeness (QED) is 0.481. The van der Waals surface area contributed by atoms with Crippen LogP contribution in [0, 0.1) is 19.7 Å². The number of nitrogens with zero attached hydrogens (tertiary/aromatic N) is 2. The Bertz CT molecular complexity index is 1200. The summed E-state index contributed by atoms with van der Waals surface area (Å²) in [5.41, 5.74) is 1.98. The van der Waals surface area contributed by atoms with E-state index in [-0.39, 0.29) is 5.69 Å². The summed E-state index contributed by atoms with van der Waals surface area (Å²) in [5.74, 6) is -1.05. The highest BCUT2D eigenvalue weighted by Crippen LogP contribution is 2.23. The number of amides is 2. The smallest absolute Gasteiger partial charge is 0.412 e. The Morgan fingerprint density at radius 3 is 2.48 bits per heavy atom. The molecule has 0 aliphatic heterocycles. The van der Waals surface area contributed by atoms with Gasteiger partial charge in [0.15, 0.2) is 0 Å². The average Bonchev–Trinajstić information content (AvgIpc) is 2.98. The van der Waals surface area contributed by atoms with Gasteiger partial charge >= 0.3 is 6.09 Å². The first-order valence-corrected chi connectivity index (χ1v) is 10.7. The van der Waals surface area contributed by atoms with Crippen molar-refractivity contribution in [1.82, 2.24) is 9.78 Å². The number of carbonyl (C=O) groups excluding carboxylic acids is 2. The lowest BCUT2D eigenvalue weighted by atomic mass is 10.1. The van der Waals surface area contributed by atoms with Gasteiger partial charge in [0.2, 0.25) is 0 Å². The molecule has 0 spiro atoms. The molecule has 33 heavy (non-hydrogen) atoms. The zero-order valence-electron chi connectivity index (χ0n) is 19.1. The molecule has 2 aromatic carbocycles. The highest BCUT2D eigenvalue weighted by atomic mass is 35.5. The van der Waals surface area contributed by atoms with Crippen LogP contribution >= 0.6 is 11.6 Å². The molecule has 1 aromatic heterocycles. The number of aromatic nitrogens is 2. The second-order valence-corrected chi connectivity index (χ2v) is 8.98. The Morgan fingerprint density at radius 2 is 1.82 bits per heavy atom. The highest BCUT2D eigenvalue weighted by Gasteiger charge is 2.21. The Hall–Kier alpha value is -3.39. The van der Waals surface area contributed by atoms with Gasteiger partial charge in [0.05, 0.1) is 23.5 Å². The maximum Gasteiger partial charge on any atom is 0.412 e. The van der Waals surface area contributed by atoms with Crippen molar-refractivity contribution in [3.63, 3.8) is 0 Å². The molecule has 174 valence electrons. The van der Waals surface area contributed by atoms with E-state index >= 15 is 0 Å². The van der Waals surface area contributed by atoms with Crippen LogP contribution in [0.2, 0.25) is 5.02 Å². The van der Waals surface area contributed by atoms with Gasteiger partial charge in [0, 0.05) is 16.4 Å². The largest absolute Gasteiger partial charge is 0.444 e. The van der Waals surface area contributed by atoms with Crippen molar-refractivity contribution in [1.29, 1.82) is 0 Å². The van der Waals surface area contributed by atoms with Crippen molar-refractivity contribution < 1.29 is 18.7 Å². The number of carbonyl (C=O) groups is 2. The molecule has 2 amide bonds. The fourth-order valence-corrected chi connectivity index (χ4v) is 3.47. The summed E-state index contributed by atoms with van der Waals surface area (Å²) in [7, 11) is 0. The molecule has 7 nitrogen and oxygen atoms in total. The van der Waals surface area contributed by atoms with Crippen LogP contribution in [0.15, 0.2) is 42.5 Å². The Balaban J connectivity index is 1.78. The number of rotatable bonds is 5. The highest BCUT2D eigenvalue weighted by molar-refractivity contribution is 6.31. The maximum atomic E-state index is 14.2. The summed E-state index contributed by atoms with van der Waals surface area (Å²) in [4.78, 5) is 25.0. The number of nitrogens with one attached hydrogen (secondary N) is 2. The van der Waals surface area contributed by atoms with Gasteiger partial charge in [-0.3, -0.25) is 14.8 Å². The predicted octanol–water partition coefficient (Wildman–Crippen LogP) is 5.94. The SMILES string of the molecule is Cc1nn(Cc2ccccc2Cl)c(C)c1C(=O)Nc1ccc(F)c(NC(=O)OC(C)(C)C)c1. The predicted molar refractivity (Wildman–Crippen MR) is 126 cm³/mol. The monoisotopic (exact) mass is 472 g/mol. The van der Waals surface area contributed by atoms with Gasteiger partial charge in [-0.05, 0) is 64.4 Å². The van der Waals surface area contributed by atoms with E-state index in [1.165, 1.54) is 12.1 Å². The molecule has 0 aliphatic rings. The first-order chi connectivity index (χ1) is 15.4. The Kier molecular flexibility index (Phi) is 7.07. The van der Waals surface area contributed by atoms with Gasteiger partial charge < -0.3 is 10.1 Å². The zero-order chi connectivity index (χ0) is 24.3. The van der Waals surface area contributed by atoms with Crippen LogP contribution < -0.4 is 10.6 Å². The number of ether oxygens (including phenoxy) is 1. The molecule has 0 fully saturated rings. The average molecular weight is 473 g/mol. The van der Waals surface area contributed by atoms with E-state index in [0.29, 0.717) is 34.2 Å². The fourth-order valence-electron chi connectivity index (χ4n) is 3.27. The summed E-state index contributed by atoms with van der Waals surface area (Å²) >= 11 is 6.25. The fraction of sp³-hybridized carbons (Fsp3) is 0.292. The molecular formula is C24H26ClFN4O3. The minimum absolute atomic E-state index is 0.107. The Labute approximate surface area is 196 Å². The van der Waals surface area contributed by atoms with Crippen LogP contribution in [-0.2, 0) is 11.3 Å². The molecule has 9 heteroatoms. The van der Waals surface area contributed by atoms with Crippen molar-refractivity contribution in [3.8, 4) is 0 Å². The Morgan fingerprint density at radius 1 is 1.12 bits per heavy atom. The summed E-state index contributed by atoms with van der Waals surface area (Å²) in [6.45, 7) is 9.07. The third-order valence-electron chi connectivity index (χ3n) is 4.75. The van der Waals surface area contributed by atoms with Crippen LogP contribution in [0.1, 0.15) is 48.1 Å². The van der Waals surface area contributed by atoms with E-state index in [2.05, 4.69) is 15.7 Å². The number of hydrogen-bond acceptors (Lipinski definition) is 4. The van der Waals surface area contributed by atoms with Gasteiger partial charge in [0.1, 0.15) is 11.4 Å². The molecular weight excluding hydrogens is 447 g/mol. The van der Waals surface area contributed by atoms with Gasteiger partial charge in [-0.2, -0.15) is 5.10 Å². The standard InChI is InChI=1S/C24H26ClFN4O3/c1-14-21(15(2)30(29-14)13-16-8-6-7-9-18(16)25)22(31)27-17-10-11-19(26)20(12-17)28-23(32)33-24(3,4)5/h6-12H,13H2,1-5H3,(H,27,31)(H,28,32). The lowest BCUT2D eigenvalue weighted by molar-refractivity contribution is 0.0635. The number of halogens is 2. The lowest BCUT2D eigenvalue weighted by Gasteiger charge is -2.20. The van der Waals surface area contributed by atoms with E-state index in [1.54, 1.807) is 45.4 Å². The van der Waals surface area contributed by atoms with E-state index in [9.17, 15) is 14.0 Å². The van der Waals surface area contributed by atoms with Crippen LogP contribution in [0.3, 0.4) is 0 Å². The van der Waals surface area contributed by atoms with Crippen molar-refractivity contribution in [3.05, 3.63) is 75.8 Å². The zero-order valence-corrected chi connectivity index (χ0v) is 19.9. The van der Waals surface area contributed by atoms with E-state index in [4.69, 9.17) is 16.3 Å². The summed E-state index contributed by atoms with van der Waals surface area (Å²) in [6, 6.07) is 11.3. The van der Waals surface area contributed by atoms with Gasteiger partial charge in [-0.15, -0.1) is 0 Å². The first-order valence-electron chi connectivity index (χ1n) is 10.3. The molecule has 0 radical (unpaired) electrons. The molecule has 0 aliphatic carbocycles. The number of benzene rings is 2. The molecule has 3 aromatic rings. The van der Waals surface area contributed by atoms with Gasteiger partial charge in [0.25, 0.3) is 5.91 Å². The van der Waals surface area contributed by atoms with Crippen LogP contribution in [0.4, 0.5) is 20.6 Å². The molecule has 1 heterocycles. The third kappa shape index (κ3) is 6.10. The third-order valence-corrected chi connectivity index (χ3v) is 5.12. The van der Waals surface area contributed by atoms with Gasteiger partial charge in [-0.1, -0.05) is 29.8 Å². The molecule has 0 bridgehead atoms. The molecule has 0 unspecified atom stereocenters. The maximum absolute atomic E-state index is 14.2. The molecule has 0 saturated carbocycles. The van der Waals surface area contributed by atoms with Crippen LogP contribution in [0.5, 0.6) is 0 Å². The molecule has 0 atom stereocenters. The summed E-state index contributed by atoms with van der Waals surface area (Å²) < 4.78 is 21.1. The normalized spacial score (nSPS) is 11.2. The van der Waals surface area contributed by atoms with Crippen molar-refractivity contribution in [2.75, 3.05) is 10.6 Å². The topological polar surface area (TPSA) is 85.3 Å². The van der Waals surface area contributed by atoms with E-state index in [1.807, 2.05) is 18.2 Å². The second kappa shape index (κ2) is 9.62. The minimum Gasteiger partial charge on any atom is -0.444 e. The summed E-state index contributed by atoms with van der Waals surface area (Å²) in [6.07, 6.45) is -0.794. The number of hydrogen-bond donors (Lipinski definition) is 2. The molecule has 3 rings (SSSR count). The van der Waals surface area contributed by atoms with E-state index in [0.717, 1.165) is 11.6 Å². The molecule has 2 N–H and O–H groups in total. The minimum atomic E-state index is -0.794. The lowest BCUT2D eigenvalue weighted by Crippen LogP contribution is -2.27. The van der Waals surface area contributed by atoms with Gasteiger partial charge in [-0.25, -0.2) is 9.18 Å². The first kappa shape index (κ1) is 24.3. The van der Waals surface area contributed by atoms with E-state index < -0.39 is 23.4 Å². The number of aryl methyl sites for hydroxylation is 1. The second-order valence-electron chi connectivity index (χ2n) is 8.57. The molecule has 0 saturated heterocycles. The van der Waals surface area contributed by atoms with Crippen molar-refractivity contribution in [2.24, 2.45) is 0 Å². The van der Waals surface area contributed by atoms with Crippen LogP contribution in [0.25, 0.3) is 0 Å². The van der Waals surface area contributed by atoms with Crippen molar-refractivity contribution >= 4 is 35.0 Å². The summed E-state index contributed by atoms with van der Waals surface area (Å²) in [5, 5.41) is 10.2. The number of anilines is 2.